The van der Waals surface area contributed by atoms with E-state index >= 15 is 0 Å². The van der Waals surface area contributed by atoms with Gasteiger partial charge in [-0.3, -0.25) is 9.59 Å². The van der Waals surface area contributed by atoms with E-state index in [4.69, 9.17) is 4.74 Å². The minimum absolute atomic E-state index is 0.108. The first kappa shape index (κ1) is 19.5. The Morgan fingerprint density at radius 3 is 2.08 bits per heavy atom. The Hall–Kier alpha value is -2.82. The van der Waals surface area contributed by atoms with Crippen molar-refractivity contribution in [3.8, 4) is 5.75 Å². The molecule has 5 nitrogen and oxygen atoms in total. The van der Waals surface area contributed by atoms with E-state index in [1.54, 1.807) is 48.5 Å². The third-order valence-electron chi connectivity index (χ3n) is 3.82. The number of hydrogen-bond acceptors (Lipinski definition) is 3. The minimum Gasteiger partial charge on any atom is -0.494 e. The van der Waals surface area contributed by atoms with Crippen LogP contribution in [-0.2, 0) is 0 Å². The monoisotopic (exact) mass is 354 g/mol. The van der Waals surface area contributed by atoms with Crippen molar-refractivity contribution in [3.63, 3.8) is 0 Å². The molecule has 0 aromatic heterocycles. The van der Waals surface area contributed by atoms with Crippen molar-refractivity contribution >= 4 is 17.5 Å². The minimum atomic E-state index is -0.201. The molecule has 0 bridgehead atoms. The first-order chi connectivity index (χ1) is 12.6. The maximum atomic E-state index is 12.3. The second kappa shape index (κ2) is 10.2. The van der Waals surface area contributed by atoms with Crippen LogP contribution in [0.15, 0.2) is 48.5 Å². The molecular weight excluding hydrogens is 328 g/mol. The molecule has 26 heavy (non-hydrogen) atoms. The average Bonchev–Trinajstić information content (AvgIpc) is 2.67. The Morgan fingerprint density at radius 2 is 1.46 bits per heavy atom. The maximum absolute atomic E-state index is 12.3. The zero-order valence-electron chi connectivity index (χ0n) is 15.4. The van der Waals surface area contributed by atoms with Crippen molar-refractivity contribution in [2.45, 2.75) is 33.1 Å². The van der Waals surface area contributed by atoms with Gasteiger partial charge in [0.15, 0.2) is 0 Å². The fraction of sp³-hybridized carbons (Fsp3) is 0.333. The van der Waals surface area contributed by atoms with Crippen LogP contribution in [0.4, 0.5) is 5.69 Å². The van der Waals surface area contributed by atoms with Gasteiger partial charge >= 0.3 is 0 Å². The summed E-state index contributed by atoms with van der Waals surface area (Å²) in [6, 6.07) is 13.9. The zero-order chi connectivity index (χ0) is 18.8. The number of rotatable bonds is 9. The van der Waals surface area contributed by atoms with Gasteiger partial charge in [-0.1, -0.05) is 20.3 Å². The molecular formula is C21H26N2O3. The topological polar surface area (TPSA) is 67.4 Å². The van der Waals surface area contributed by atoms with E-state index in [0.29, 0.717) is 30.0 Å². The van der Waals surface area contributed by atoms with Gasteiger partial charge in [-0.15, -0.1) is 0 Å². The van der Waals surface area contributed by atoms with Gasteiger partial charge in [0, 0.05) is 23.4 Å². The van der Waals surface area contributed by atoms with Crippen LogP contribution in [-0.4, -0.2) is 25.0 Å². The smallest absolute Gasteiger partial charge is 0.255 e. The standard InChI is InChI=1S/C21H26N2O3/c1-3-5-15-26-19-12-8-17(9-13-19)21(25)23-18-10-6-16(7-11-18)20(24)22-14-4-2/h6-13H,3-5,14-15H2,1-2H3,(H,22,24)(H,23,25). The number of benzene rings is 2. The van der Waals surface area contributed by atoms with Gasteiger partial charge in [0.1, 0.15) is 5.75 Å². The van der Waals surface area contributed by atoms with Crippen LogP contribution in [0.3, 0.4) is 0 Å². The Morgan fingerprint density at radius 1 is 0.846 bits per heavy atom. The molecule has 0 aliphatic heterocycles. The van der Waals surface area contributed by atoms with E-state index < -0.39 is 0 Å². The van der Waals surface area contributed by atoms with Gasteiger partial charge in [-0.05, 0) is 61.4 Å². The zero-order valence-corrected chi connectivity index (χ0v) is 15.4. The summed E-state index contributed by atoms with van der Waals surface area (Å²) in [7, 11) is 0. The molecule has 138 valence electrons. The third-order valence-corrected chi connectivity index (χ3v) is 3.82. The van der Waals surface area contributed by atoms with Crippen molar-refractivity contribution in [2.24, 2.45) is 0 Å². The highest BCUT2D eigenvalue weighted by Crippen LogP contribution is 2.15. The Labute approximate surface area is 154 Å². The van der Waals surface area contributed by atoms with E-state index in [-0.39, 0.29) is 11.8 Å². The van der Waals surface area contributed by atoms with Crippen LogP contribution in [0.5, 0.6) is 5.75 Å². The first-order valence-electron chi connectivity index (χ1n) is 9.06. The molecule has 0 unspecified atom stereocenters. The van der Waals surface area contributed by atoms with E-state index in [1.807, 2.05) is 6.92 Å². The van der Waals surface area contributed by atoms with Crippen LogP contribution in [0.25, 0.3) is 0 Å². The molecule has 2 aromatic carbocycles. The van der Waals surface area contributed by atoms with E-state index in [0.717, 1.165) is 25.0 Å². The van der Waals surface area contributed by atoms with Gasteiger partial charge < -0.3 is 15.4 Å². The predicted molar refractivity (Wildman–Crippen MR) is 104 cm³/mol. The van der Waals surface area contributed by atoms with Crippen molar-refractivity contribution in [1.29, 1.82) is 0 Å². The summed E-state index contributed by atoms with van der Waals surface area (Å²) in [5.41, 5.74) is 1.77. The van der Waals surface area contributed by atoms with Gasteiger partial charge in [0.2, 0.25) is 0 Å². The van der Waals surface area contributed by atoms with E-state index in [2.05, 4.69) is 17.6 Å². The Balaban J connectivity index is 1.91. The molecule has 5 heteroatoms. The third kappa shape index (κ3) is 5.92. The predicted octanol–water partition coefficient (Wildman–Crippen LogP) is 4.26. The number of nitrogens with one attached hydrogen (secondary N) is 2. The molecule has 0 heterocycles. The van der Waals surface area contributed by atoms with Crippen LogP contribution in [0.1, 0.15) is 53.8 Å². The average molecular weight is 354 g/mol. The fourth-order valence-electron chi connectivity index (χ4n) is 2.29. The number of hydrogen-bond donors (Lipinski definition) is 2. The van der Waals surface area contributed by atoms with E-state index in [9.17, 15) is 9.59 Å². The van der Waals surface area contributed by atoms with Crippen LogP contribution in [0, 0.1) is 0 Å². The van der Waals surface area contributed by atoms with Crippen molar-refractivity contribution in [1.82, 2.24) is 5.32 Å². The molecule has 0 radical (unpaired) electrons. The second-order valence-corrected chi connectivity index (χ2v) is 6.01. The number of ether oxygens (including phenoxy) is 1. The van der Waals surface area contributed by atoms with Gasteiger partial charge in [0.25, 0.3) is 11.8 Å². The summed E-state index contributed by atoms with van der Waals surface area (Å²) in [5, 5.41) is 5.65. The molecule has 2 amide bonds. The normalized spacial score (nSPS) is 10.2. The molecule has 0 fully saturated rings. The highest BCUT2D eigenvalue weighted by Gasteiger charge is 2.08. The second-order valence-electron chi connectivity index (χ2n) is 6.01. The van der Waals surface area contributed by atoms with Gasteiger partial charge in [-0.2, -0.15) is 0 Å². The summed E-state index contributed by atoms with van der Waals surface area (Å²) in [6.07, 6.45) is 2.98. The molecule has 2 aromatic rings. The number of amides is 2. The Kier molecular flexibility index (Phi) is 7.68. The molecule has 2 rings (SSSR count). The van der Waals surface area contributed by atoms with Crippen molar-refractivity contribution in [3.05, 3.63) is 59.7 Å². The number of carbonyl (C=O) groups excluding carboxylic acids is 2. The molecule has 0 aliphatic rings. The van der Waals surface area contributed by atoms with Crippen molar-refractivity contribution < 1.29 is 14.3 Å². The lowest BCUT2D eigenvalue weighted by Gasteiger charge is -2.08. The molecule has 0 atom stereocenters. The highest BCUT2D eigenvalue weighted by atomic mass is 16.5. The molecule has 0 aliphatic carbocycles. The van der Waals surface area contributed by atoms with Crippen molar-refractivity contribution in [2.75, 3.05) is 18.5 Å². The number of carbonyl (C=O) groups is 2. The van der Waals surface area contributed by atoms with E-state index in [1.165, 1.54) is 0 Å². The van der Waals surface area contributed by atoms with Crippen LogP contribution < -0.4 is 15.4 Å². The molecule has 2 N–H and O–H groups in total. The Bertz CT molecular complexity index is 709. The summed E-state index contributed by atoms with van der Waals surface area (Å²) in [6.45, 7) is 5.44. The van der Waals surface area contributed by atoms with Gasteiger partial charge in [-0.25, -0.2) is 0 Å². The lowest BCUT2D eigenvalue weighted by Crippen LogP contribution is -2.23. The summed E-state index contributed by atoms with van der Waals surface area (Å²) >= 11 is 0. The largest absolute Gasteiger partial charge is 0.494 e. The highest BCUT2D eigenvalue weighted by molar-refractivity contribution is 6.04. The van der Waals surface area contributed by atoms with Crippen LogP contribution in [0.2, 0.25) is 0 Å². The lowest BCUT2D eigenvalue weighted by atomic mass is 10.1. The molecule has 0 saturated heterocycles. The molecule has 0 spiro atoms. The number of anilines is 1. The maximum Gasteiger partial charge on any atom is 0.255 e. The quantitative estimate of drug-likeness (QED) is 0.661. The van der Waals surface area contributed by atoms with Crippen LogP contribution >= 0.6 is 0 Å². The summed E-state index contributed by atoms with van der Waals surface area (Å²) < 4.78 is 5.59. The summed E-state index contributed by atoms with van der Waals surface area (Å²) in [5.74, 6) is 0.453. The molecule has 0 saturated carbocycles. The summed E-state index contributed by atoms with van der Waals surface area (Å²) in [4.78, 5) is 24.2. The fourth-order valence-corrected chi connectivity index (χ4v) is 2.29. The SMILES string of the molecule is CCCCOc1ccc(C(=O)Nc2ccc(C(=O)NCCC)cc2)cc1. The van der Waals surface area contributed by atoms with Gasteiger partial charge in [0.05, 0.1) is 6.61 Å². The number of unbranched alkanes of at least 4 members (excludes halogenated alkanes) is 1. The lowest BCUT2D eigenvalue weighted by molar-refractivity contribution is 0.0953. The first-order valence-corrected chi connectivity index (χ1v) is 9.06.